The van der Waals surface area contributed by atoms with Crippen molar-refractivity contribution in [3.8, 4) is 5.75 Å². The Morgan fingerprint density at radius 1 is 1.19 bits per heavy atom. The van der Waals surface area contributed by atoms with E-state index in [0.29, 0.717) is 28.4 Å². The van der Waals surface area contributed by atoms with Crippen molar-refractivity contribution in [1.82, 2.24) is 0 Å². The van der Waals surface area contributed by atoms with Crippen LogP contribution in [0.2, 0.25) is 5.02 Å². The summed E-state index contributed by atoms with van der Waals surface area (Å²) in [6.07, 6.45) is 1.74. The van der Waals surface area contributed by atoms with E-state index in [4.69, 9.17) is 21.1 Å². The topological polar surface area (TPSA) is 72.9 Å². The summed E-state index contributed by atoms with van der Waals surface area (Å²) in [6, 6.07) is 11.7. The molecule has 1 heterocycles. The molecule has 6 nitrogen and oxygen atoms in total. The van der Waals surface area contributed by atoms with Gasteiger partial charge in [-0.3, -0.25) is 4.31 Å². The Kier molecular flexibility index (Phi) is 5.62. The molecule has 3 rings (SSSR count). The predicted octanol–water partition coefficient (Wildman–Crippen LogP) is 3.29. The number of rotatable bonds is 6. The Labute approximate surface area is 163 Å². The van der Waals surface area contributed by atoms with Crippen molar-refractivity contribution < 1.29 is 22.7 Å². The maximum Gasteiger partial charge on any atom is 0.338 e. The molecule has 0 amide bonds. The van der Waals surface area contributed by atoms with E-state index in [0.717, 1.165) is 5.56 Å². The molecular weight excluding hydrogens is 390 g/mol. The summed E-state index contributed by atoms with van der Waals surface area (Å²) in [5.41, 5.74) is 1.83. The SMILES string of the molecule is CC1Cc2cc(C(=O)OCCOc3ccc(Cl)cc3)ccc2N1S(C)(=O)=O. The minimum atomic E-state index is -3.35. The number of hydrogen-bond donors (Lipinski definition) is 0. The van der Waals surface area contributed by atoms with Crippen molar-refractivity contribution in [3.63, 3.8) is 0 Å². The van der Waals surface area contributed by atoms with Crippen molar-refractivity contribution in [2.45, 2.75) is 19.4 Å². The van der Waals surface area contributed by atoms with Gasteiger partial charge in [-0.15, -0.1) is 0 Å². The van der Waals surface area contributed by atoms with Crippen LogP contribution in [0.25, 0.3) is 0 Å². The lowest BCUT2D eigenvalue weighted by Gasteiger charge is -2.21. The zero-order valence-electron chi connectivity index (χ0n) is 15.0. The first-order valence-electron chi connectivity index (χ1n) is 8.43. The van der Waals surface area contributed by atoms with Gasteiger partial charge in [0.2, 0.25) is 10.0 Å². The van der Waals surface area contributed by atoms with Crippen LogP contribution in [-0.4, -0.2) is 39.9 Å². The van der Waals surface area contributed by atoms with Crippen molar-refractivity contribution in [2.24, 2.45) is 0 Å². The molecule has 0 aromatic heterocycles. The molecule has 0 N–H and O–H groups in total. The van der Waals surface area contributed by atoms with E-state index in [1.807, 2.05) is 6.92 Å². The summed E-state index contributed by atoms with van der Waals surface area (Å²) in [5.74, 6) is 0.172. The van der Waals surface area contributed by atoms with Crippen LogP contribution in [-0.2, 0) is 21.2 Å². The van der Waals surface area contributed by atoms with Gasteiger partial charge in [-0.2, -0.15) is 0 Å². The largest absolute Gasteiger partial charge is 0.490 e. The van der Waals surface area contributed by atoms with Gasteiger partial charge >= 0.3 is 5.97 Å². The van der Waals surface area contributed by atoms with Crippen LogP contribution in [0.4, 0.5) is 5.69 Å². The Bertz CT molecular complexity index is 943. The van der Waals surface area contributed by atoms with Crippen LogP contribution in [0.15, 0.2) is 42.5 Å². The van der Waals surface area contributed by atoms with Crippen LogP contribution in [0, 0.1) is 0 Å². The highest BCUT2D eigenvalue weighted by Gasteiger charge is 2.32. The molecule has 1 unspecified atom stereocenters. The Morgan fingerprint density at radius 3 is 2.56 bits per heavy atom. The van der Waals surface area contributed by atoms with Gasteiger partial charge in [0.25, 0.3) is 0 Å². The van der Waals surface area contributed by atoms with Gasteiger partial charge < -0.3 is 9.47 Å². The van der Waals surface area contributed by atoms with E-state index in [2.05, 4.69) is 0 Å². The third kappa shape index (κ3) is 4.54. The monoisotopic (exact) mass is 409 g/mol. The summed E-state index contributed by atoms with van der Waals surface area (Å²) in [6.45, 7) is 2.16. The lowest BCUT2D eigenvalue weighted by Crippen LogP contribution is -2.34. The lowest BCUT2D eigenvalue weighted by atomic mass is 10.1. The first-order chi connectivity index (χ1) is 12.8. The van der Waals surface area contributed by atoms with E-state index in [9.17, 15) is 13.2 Å². The van der Waals surface area contributed by atoms with Crippen LogP contribution in [0.3, 0.4) is 0 Å². The molecule has 0 fully saturated rings. The number of nitrogens with zero attached hydrogens (tertiary/aromatic N) is 1. The first-order valence-corrected chi connectivity index (χ1v) is 10.7. The molecule has 0 radical (unpaired) electrons. The average molecular weight is 410 g/mol. The number of carbonyl (C=O) groups is 1. The summed E-state index contributed by atoms with van der Waals surface area (Å²) in [4.78, 5) is 12.2. The fourth-order valence-electron chi connectivity index (χ4n) is 3.14. The summed E-state index contributed by atoms with van der Waals surface area (Å²) < 4.78 is 36.0. The maximum atomic E-state index is 12.2. The second kappa shape index (κ2) is 7.78. The highest BCUT2D eigenvalue weighted by atomic mass is 35.5. The second-order valence-electron chi connectivity index (χ2n) is 6.39. The molecule has 0 saturated heterocycles. The zero-order chi connectivity index (χ0) is 19.6. The average Bonchev–Trinajstić information content (AvgIpc) is 2.95. The van der Waals surface area contributed by atoms with Crippen molar-refractivity contribution in [1.29, 1.82) is 0 Å². The molecule has 0 bridgehead atoms. The van der Waals surface area contributed by atoms with E-state index in [1.54, 1.807) is 42.5 Å². The molecule has 8 heteroatoms. The van der Waals surface area contributed by atoms with Gasteiger partial charge in [-0.05, 0) is 61.4 Å². The molecule has 0 saturated carbocycles. The fourth-order valence-corrected chi connectivity index (χ4v) is 4.53. The van der Waals surface area contributed by atoms with Crippen LogP contribution < -0.4 is 9.04 Å². The molecular formula is C19H20ClNO5S. The molecule has 144 valence electrons. The van der Waals surface area contributed by atoms with Gasteiger partial charge in [-0.25, -0.2) is 13.2 Å². The molecule has 2 aromatic carbocycles. The Morgan fingerprint density at radius 2 is 1.89 bits per heavy atom. The third-order valence-corrected chi connectivity index (χ3v) is 5.75. The van der Waals surface area contributed by atoms with Gasteiger partial charge in [0.15, 0.2) is 0 Å². The van der Waals surface area contributed by atoms with Gasteiger partial charge in [0, 0.05) is 11.1 Å². The second-order valence-corrected chi connectivity index (χ2v) is 8.69. The first kappa shape index (κ1) is 19.5. The van der Waals surface area contributed by atoms with Gasteiger partial charge in [0.05, 0.1) is 17.5 Å². The zero-order valence-corrected chi connectivity index (χ0v) is 16.6. The number of sulfonamides is 1. The number of fused-ring (bicyclic) bond motifs is 1. The van der Waals surface area contributed by atoms with Crippen molar-refractivity contribution >= 4 is 33.3 Å². The van der Waals surface area contributed by atoms with E-state index in [1.165, 1.54) is 10.6 Å². The summed E-state index contributed by atoms with van der Waals surface area (Å²) in [7, 11) is -3.35. The molecule has 27 heavy (non-hydrogen) atoms. The van der Waals surface area contributed by atoms with Crippen LogP contribution in [0.5, 0.6) is 5.75 Å². The molecule has 1 aliphatic rings. The summed E-state index contributed by atoms with van der Waals surface area (Å²) >= 11 is 5.80. The highest BCUT2D eigenvalue weighted by molar-refractivity contribution is 7.92. The summed E-state index contributed by atoms with van der Waals surface area (Å²) in [5, 5.41) is 0.620. The number of benzene rings is 2. The number of halogens is 1. The van der Waals surface area contributed by atoms with Crippen LogP contribution in [0.1, 0.15) is 22.8 Å². The predicted molar refractivity (Wildman–Crippen MR) is 104 cm³/mol. The Balaban J connectivity index is 1.58. The smallest absolute Gasteiger partial charge is 0.338 e. The standard InChI is InChI=1S/C19H20ClNO5S/c1-13-11-15-12-14(3-8-18(15)21(13)27(2,23)24)19(22)26-10-9-25-17-6-4-16(20)5-7-17/h3-8,12-13H,9-11H2,1-2H3. The molecule has 2 aromatic rings. The molecule has 1 aliphatic heterocycles. The third-order valence-electron chi connectivity index (χ3n) is 4.22. The maximum absolute atomic E-state index is 12.2. The van der Waals surface area contributed by atoms with E-state index >= 15 is 0 Å². The van der Waals surface area contributed by atoms with E-state index < -0.39 is 16.0 Å². The van der Waals surface area contributed by atoms with Crippen molar-refractivity contribution in [2.75, 3.05) is 23.8 Å². The lowest BCUT2D eigenvalue weighted by molar-refractivity contribution is 0.0450. The minimum absolute atomic E-state index is 0.102. The number of carbonyl (C=O) groups excluding carboxylic acids is 1. The van der Waals surface area contributed by atoms with Gasteiger partial charge in [-0.1, -0.05) is 11.6 Å². The number of anilines is 1. The Hall–Kier alpha value is -2.25. The minimum Gasteiger partial charge on any atom is -0.490 e. The number of ether oxygens (including phenoxy) is 2. The van der Waals surface area contributed by atoms with Gasteiger partial charge in [0.1, 0.15) is 19.0 Å². The van der Waals surface area contributed by atoms with E-state index in [-0.39, 0.29) is 19.3 Å². The normalized spacial score (nSPS) is 16.1. The fraction of sp³-hybridized carbons (Fsp3) is 0.316. The quantitative estimate of drug-likeness (QED) is 0.540. The molecule has 0 spiro atoms. The number of esters is 1. The molecule has 0 aliphatic carbocycles. The highest BCUT2D eigenvalue weighted by Crippen LogP contribution is 2.34. The number of hydrogen-bond acceptors (Lipinski definition) is 5. The van der Waals surface area contributed by atoms with Crippen molar-refractivity contribution in [3.05, 3.63) is 58.6 Å². The van der Waals surface area contributed by atoms with Crippen LogP contribution >= 0.6 is 11.6 Å². The molecule has 1 atom stereocenters.